The molecule has 2 bridgehead atoms. The van der Waals surface area contributed by atoms with Gasteiger partial charge in [-0.1, -0.05) is 6.07 Å². The van der Waals surface area contributed by atoms with Crippen molar-refractivity contribution in [3.8, 4) is 0 Å². The van der Waals surface area contributed by atoms with Crippen molar-refractivity contribution in [2.45, 2.75) is 51.1 Å². The lowest BCUT2D eigenvalue weighted by atomic mass is 9.76. The number of nitrogens with one attached hydrogen (secondary N) is 1. The minimum absolute atomic E-state index is 0.0433. The van der Waals surface area contributed by atoms with Crippen molar-refractivity contribution in [3.63, 3.8) is 0 Å². The van der Waals surface area contributed by atoms with Gasteiger partial charge in [-0.2, -0.15) is 0 Å². The number of carbonyl (C=O) groups is 3. The fourth-order valence-electron chi connectivity index (χ4n) is 6.14. The molecule has 8 heteroatoms. The lowest BCUT2D eigenvalue weighted by molar-refractivity contribution is -0.144. The van der Waals surface area contributed by atoms with Crippen LogP contribution in [0.1, 0.15) is 44.1 Å². The van der Waals surface area contributed by atoms with Gasteiger partial charge in [0.2, 0.25) is 11.8 Å². The molecule has 0 unspecified atom stereocenters. The third kappa shape index (κ3) is 4.32. The Morgan fingerprint density at radius 2 is 1.94 bits per heavy atom. The number of carbonyl (C=O) groups excluding carboxylic acids is 3. The van der Waals surface area contributed by atoms with Crippen molar-refractivity contribution >= 4 is 17.8 Å². The zero-order valence-electron chi connectivity index (χ0n) is 18.6. The first-order valence-electron chi connectivity index (χ1n) is 12.1. The molecule has 4 fully saturated rings. The summed E-state index contributed by atoms with van der Waals surface area (Å²) >= 11 is 0. The van der Waals surface area contributed by atoms with E-state index in [9.17, 15) is 14.4 Å². The van der Waals surface area contributed by atoms with E-state index in [2.05, 4.69) is 15.2 Å². The van der Waals surface area contributed by atoms with Crippen molar-refractivity contribution in [2.24, 2.45) is 17.8 Å². The zero-order chi connectivity index (χ0) is 22.1. The summed E-state index contributed by atoms with van der Waals surface area (Å²) in [5, 5.41) is 3.01. The first-order valence-corrected chi connectivity index (χ1v) is 12.1. The van der Waals surface area contributed by atoms with Gasteiger partial charge < -0.3 is 20.0 Å². The van der Waals surface area contributed by atoms with Crippen LogP contribution in [0.4, 0.5) is 4.79 Å². The van der Waals surface area contributed by atoms with Crippen LogP contribution < -0.4 is 5.32 Å². The summed E-state index contributed by atoms with van der Waals surface area (Å²) < 4.78 is 0. The number of hydrogen-bond donors (Lipinski definition) is 1. The molecule has 0 spiro atoms. The molecule has 5 heterocycles. The maximum Gasteiger partial charge on any atom is 0.320 e. The fourth-order valence-corrected chi connectivity index (χ4v) is 6.14. The highest BCUT2D eigenvalue weighted by Crippen LogP contribution is 2.38. The van der Waals surface area contributed by atoms with Crippen LogP contribution in [0.2, 0.25) is 0 Å². The Morgan fingerprint density at radius 1 is 1.09 bits per heavy atom. The normalized spacial score (nSPS) is 28.3. The van der Waals surface area contributed by atoms with E-state index in [-0.39, 0.29) is 17.9 Å². The number of hydrogen-bond acceptors (Lipinski definition) is 4. The van der Waals surface area contributed by atoms with E-state index in [0.717, 1.165) is 44.5 Å². The van der Waals surface area contributed by atoms with Gasteiger partial charge >= 0.3 is 6.03 Å². The van der Waals surface area contributed by atoms with E-state index >= 15 is 0 Å². The lowest BCUT2D eigenvalue weighted by Crippen LogP contribution is -2.62. The molecule has 0 aromatic carbocycles. The molecule has 1 aromatic heterocycles. The van der Waals surface area contributed by atoms with E-state index in [4.69, 9.17) is 0 Å². The van der Waals surface area contributed by atoms with Gasteiger partial charge in [0, 0.05) is 70.0 Å². The Balaban J connectivity index is 1.12. The minimum Gasteiger partial charge on any atom is -0.352 e. The van der Waals surface area contributed by atoms with Crippen LogP contribution >= 0.6 is 0 Å². The quantitative estimate of drug-likeness (QED) is 0.779. The van der Waals surface area contributed by atoms with Crippen LogP contribution in [0, 0.1) is 17.8 Å². The second kappa shape index (κ2) is 9.08. The van der Waals surface area contributed by atoms with Crippen LogP contribution in [-0.2, 0) is 16.1 Å². The summed E-state index contributed by atoms with van der Waals surface area (Å²) in [6, 6.07) is 4.25. The number of pyridine rings is 1. The molecule has 0 aliphatic carbocycles. The molecule has 8 nitrogen and oxygen atoms in total. The molecule has 3 atom stereocenters. The van der Waals surface area contributed by atoms with Crippen LogP contribution in [-0.4, -0.2) is 76.3 Å². The Kier molecular flexibility index (Phi) is 6.02. The molecule has 0 saturated carbocycles. The van der Waals surface area contributed by atoms with Crippen molar-refractivity contribution in [1.29, 1.82) is 0 Å². The highest BCUT2D eigenvalue weighted by atomic mass is 16.2. The molecule has 1 N–H and O–H groups in total. The van der Waals surface area contributed by atoms with Crippen LogP contribution in [0.15, 0.2) is 24.5 Å². The molecule has 0 radical (unpaired) electrons. The number of piperidine rings is 4. The van der Waals surface area contributed by atoms with Crippen LogP contribution in [0.5, 0.6) is 0 Å². The average molecular weight is 440 g/mol. The van der Waals surface area contributed by atoms with E-state index in [1.165, 1.54) is 0 Å². The molecular weight excluding hydrogens is 406 g/mol. The van der Waals surface area contributed by atoms with Crippen LogP contribution in [0.25, 0.3) is 0 Å². The molecule has 5 rings (SSSR count). The molecule has 4 aliphatic heterocycles. The maximum atomic E-state index is 13.3. The van der Waals surface area contributed by atoms with E-state index < -0.39 is 0 Å². The van der Waals surface area contributed by atoms with Gasteiger partial charge in [0.05, 0.1) is 0 Å². The number of rotatable bonds is 3. The smallest absolute Gasteiger partial charge is 0.320 e. The van der Waals surface area contributed by atoms with E-state index in [0.29, 0.717) is 62.7 Å². The van der Waals surface area contributed by atoms with E-state index in [1.807, 2.05) is 21.9 Å². The molecule has 4 saturated heterocycles. The van der Waals surface area contributed by atoms with Gasteiger partial charge in [-0.25, -0.2) is 4.79 Å². The number of fused-ring (bicyclic) bond motifs is 4. The summed E-state index contributed by atoms with van der Waals surface area (Å²) in [4.78, 5) is 48.3. The van der Waals surface area contributed by atoms with Gasteiger partial charge in [-0.15, -0.1) is 0 Å². The number of likely N-dealkylation sites (tertiary alicyclic amines) is 2. The Bertz CT molecular complexity index is 854. The third-order valence-electron chi connectivity index (χ3n) is 7.78. The van der Waals surface area contributed by atoms with E-state index in [1.54, 1.807) is 12.4 Å². The van der Waals surface area contributed by atoms with Crippen molar-refractivity contribution in [1.82, 2.24) is 25.0 Å². The first-order chi connectivity index (χ1) is 15.6. The van der Waals surface area contributed by atoms with Crippen molar-refractivity contribution in [2.75, 3.05) is 32.7 Å². The summed E-state index contributed by atoms with van der Waals surface area (Å²) in [6.07, 6.45) is 8.76. The Morgan fingerprint density at radius 3 is 2.72 bits per heavy atom. The SMILES string of the molecule is O=C(NCc1cccnc1)C1CCN(C(=O)N2C[C@@H]3C[C@H](C2)[C@H]2CCCC(=O)N2C3)CC1. The zero-order valence-corrected chi connectivity index (χ0v) is 18.6. The monoisotopic (exact) mass is 439 g/mol. The summed E-state index contributed by atoms with van der Waals surface area (Å²) in [7, 11) is 0. The summed E-state index contributed by atoms with van der Waals surface area (Å²) in [6.45, 7) is 4.06. The highest BCUT2D eigenvalue weighted by Gasteiger charge is 2.45. The molecule has 32 heavy (non-hydrogen) atoms. The predicted octanol–water partition coefficient (Wildman–Crippen LogP) is 1.86. The second-order valence-electron chi connectivity index (χ2n) is 9.90. The molecule has 4 amide bonds. The lowest BCUT2D eigenvalue weighted by Gasteiger charge is -2.53. The predicted molar refractivity (Wildman–Crippen MR) is 118 cm³/mol. The fraction of sp³-hybridized carbons (Fsp3) is 0.667. The molecule has 4 aliphatic rings. The topological polar surface area (TPSA) is 85.9 Å². The summed E-state index contributed by atoms with van der Waals surface area (Å²) in [5.74, 6) is 1.13. The standard InChI is InChI=1S/C24H33N5O3/c30-22-5-1-4-21-20-11-18(15-29(21)22)14-28(16-20)24(32)27-9-6-19(7-10-27)23(31)26-13-17-3-2-8-25-12-17/h2-3,8,12,18-21H,1,4-7,9-11,13-16H2,(H,26,31)/t18-,20+,21+/m0/s1. The molecular formula is C24H33N5O3. The van der Waals surface area contributed by atoms with Crippen molar-refractivity contribution in [3.05, 3.63) is 30.1 Å². The molecule has 1 aromatic rings. The minimum atomic E-state index is -0.0433. The first kappa shape index (κ1) is 21.2. The van der Waals surface area contributed by atoms with Gasteiger partial charge in [0.1, 0.15) is 0 Å². The number of urea groups is 1. The van der Waals surface area contributed by atoms with Gasteiger partial charge in [-0.05, 0) is 55.6 Å². The number of nitrogens with zero attached hydrogens (tertiary/aromatic N) is 4. The largest absolute Gasteiger partial charge is 0.352 e. The van der Waals surface area contributed by atoms with Gasteiger partial charge in [0.15, 0.2) is 0 Å². The third-order valence-corrected chi connectivity index (χ3v) is 7.78. The average Bonchev–Trinajstić information content (AvgIpc) is 2.83. The molecule has 172 valence electrons. The highest BCUT2D eigenvalue weighted by molar-refractivity contribution is 5.80. The Hall–Kier alpha value is -2.64. The van der Waals surface area contributed by atoms with Crippen LogP contribution in [0.3, 0.4) is 0 Å². The van der Waals surface area contributed by atoms with Gasteiger partial charge in [-0.3, -0.25) is 14.6 Å². The summed E-state index contributed by atoms with van der Waals surface area (Å²) in [5.41, 5.74) is 0.988. The number of aromatic nitrogens is 1. The number of amides is 4. The second-order valence-corrected chi connectivity index (χ2v) is 9.90. The maximum absolute atomic E-state index is 13.3. The Labute approximate surface area is 189 Å². The van der Waals surface area contributed by atoms with Crippen molar-refractivity contribution < 1.29 is 14.4 Å². The van der Waals surface area contributed by atoms with Gasteiger partial charge in [0.25, 0.3) is 0 Å².